The van der Waals surface area contributed by atoms with Crippen molar-refractivity contribution in [3.05, 3.63) is 93.5 Å². The molecule has 34 heavy (non-hydrogen) atoms. The number of nitrogens with zero attached hydrogens (tertiary/aromatic N) is 1. The molecule has 1 fully saturated rings. The van der Waals surface area contributed by atoms with E-state index in [1.54, 1.807) is 18.2 Å². The van der Waals surface area contributed by atoms with Crippen LogP contribution in [-0.4, -0.2) is 27.7 Å². The molecule has 1 saturated carbocycles. The van der Waals surface area contributed by atoms with Gasteiger partial charge in [-0.25, -0.2) is 9.18 Å². The van der Waals surface area contributed by atoms with Gasteiger partial charge in [0, 0.05) is 11.8 Å². The number of nitrogens with one attached hydrogen (secondary N) is 2. The maximum Gasteiger partial charge on any atom is 0.335 e. The van der Waals surface area contributed by atoms with E-state index in [0.717, 1.165) is 37.3 Å². The molecule has 1 aromatic heterocycles. The van der Waals surface area contributed by atoms with Crippen molar-refractivity contribution >= 4 is 34.9 Å². The molecule has 3 N–H and O–H groups in total. The number of aromatic carboxylic acids is 1. The molecule has 0 radical (unpaired) electrons. The monoisotopic (exact) mass is 479 g/mol. The molecule has 174 valence electrons. The van der Waals surface area contributed by atoms with Crippen molar-refractivity contribution in [3.63, 3.8) is 0 Å². The molecule has 2 aromatic carbocycles. The number of halogens is 2. The maximum atomic E-state index is 14.6. The molecule has 0 unspecified atom stereocenters. The SMILES string of the molecule is N=C(c1ccc(C(=O)O)cc1F)c1ncccc1NC(=O)c1c(Cl)cccc1C1CCCCC1. The quantitative estimate of drug-likeness (QED) is 0.361. The first-order valence-corrected chi connectivity index (χ1v) is 11.4. The Morgan fingerprint density at radius 2 is 1.85 bits per heavy atom. The summed E-state index contributed by atoms with van der Waals surface area (Å²) < 4.78 is 14.6. The Bertz CT molecular complexity index is 1270. The second-order valence-corrected chi connectivity index (χ2v) is 8.67. The van der Waals surface area contributed by atoms with Crippen molar-refractivity contribution in [3.8, 4) is 0 Å². The van der Waals surface area contributed by atoms with E-state index < -0.39 is 17.7 Å². The van der Waals surface area contributed by atoms with Crippen LogP contribution in [0.1, 0.15) is 75.6 Å². The van der Waals surface area contributed by atoms with E-state index in [9.17, 15) is 14.0 Å². The Balaban J connectivity index is 1.66. The molecule has 1 aliphatic carbocycles. The lowest BCUT2D eigenvalue weighted by Crippen LogP contribution is -2.20. The number of amides is 1. The van der Waals surface area contributed by atoms with Crippen LogP contribution in [0.15, 0.2) is 54.7 Å². The summed E-state index contributed by atoms with van der Waals surface area (Å²) in [6.07, 6.45) is 6.82. The second kappa shape index (κ2) is 10.1. The van der Waals surface area contributed by atoms with Gasteiger partial charge in [0.15, 0.2) is 0 Å². The Labute approximate surface area is 201 Å². The van der Waals surface area contributed by atoms with Crippen LogP contribution < -0.4 is 5.32 Å². The van der Waals surface area contributed by atoms with Crippen LogP contribution in [0, 0.1) is 11.2 Å². The summed E-state index contributed by atoms with van der Waals surface area (Å²) in [4.78, 5) is 28.6. The molecule has 1 amide bonds. The number of benzene rings is 2. The number of pyridine rings is 1. The number of carboxylic acid groups (broad SMARTS) is 1. The van der Waals surface area contributed by atoms with Gasteiger partial charge in [-0.15, -0.1) is 0 Å². The molecule has 1 aliphatic rings. The van der Waals surface area contributed by atoms with Gasteiger partial charge in [-0.1, -0.05) is 43.0 Å². The normalized spacial score (nSPS) is 13.9. The van der Waals surface area contributed by atoms with E-state index in [4.69, 9.17) is 22.1 Å². The number of carbonyl (C=O) groups excluding carboxylic acids is 1. The molecular weight excluding hydrogens is 457 g/mol. The van der Waals surface area contributed by atoms with Gasteiger partial charge in [0.25, 0.3) is 5.91 Å². The third-order valence-electron chi connectivity index (χ3n) is 6.10. The first kappa shape index (κ1) is 23.6. The number of aromatic nitrogens is 1. The average Bonchev–Trinajstić information content (AvgIpc) is 2.84. The fourth-order valence-electron chi connectivity index (χ4n) is 4.40. The number of carboxylic acids is 1. The van der Waals surface area contributed by atoms with Crippen LogP contribution in [0.5, 0.6) is 0 Å². The van der Waals surface area contributed by atoms with E-state index in [1.165, 1.54) is 24.8 Å². The van der Waals surface area contributed by atoms with Crippen molar-refractivity contribution in [2.24, 2.45) is 0 Å². The highest BCUT2D eigenvalue weighted by Gasteiger charge is 2.25. The number of carbonyl (C=O) groups is 2. The zero-order chi connectivity index (χ0) is 24.2. The van der Waals surface area contributed by atoms with Gasteiger partial charge in [0.2, 0.25) is 0 Å². The van der Waals surface area contributed by atoms with Crippen molar-refractivity contribution in [2.75, 3.05) is 5.32 Å². The van der Waals surface area contributed by atoms with Crippen molar-refractivity contribution in [1.29, 1.82) is 5.41 Å². The van der Waals surface area contributed by atoms with Gasteiger partial charge < -0.3 is 10.4 Å². The number of hydrogen-bond acceptors (Lipinski definition) is 4. The minimum absolute atomic E-state index is 0.0593. The zero-order valence-electron chi connectivity index (χ0n) is 18.3. The van der Waals surface area contributed by atoms with Gasteiger partial charge in [-0.05, 0) is 60.7 Å². The summed E-state index contributed by atoms with van der Waals surface area (Å²) >= 11 is 6.45. The fourth-order valence-corrected chi connectivity index (χ4v) is 4.67. The third kappa shape index (κ3) is 4.84. The summed E-state index contributed by atoms with van der Waals surface area (Å²) in [6, 6.07) is 11.9. The molecular formula is C26H23ClFN3O3. The lowest BCUT2D eigenvalue weighted by Gasteiger charge is -2.24. The van der Waals surface area contributed by atoms with Crippen LogP contribution in [-0.2, 0) is 0 Å². The first-order valence-electron chi connectivity index (χ1n) is 11.0. The van der Waals surface area contributed by atoms with E-state index >= 15 is 0 Å². The largest absolute Gasteiger partial charge is 0.478 e. The molecule has 8 heteroatoms. The Morgan fingerprint density at radius 3 is 2.56 bits per heavy atom. The van der Waals surface area contributed by atoms with Crippen molar-refractivity contribution in [1.82, 2.24) is 4.98 Å². The smallest absolute Gasteiger partial charge is 0.335 e. The van der Waals surface area contributed by atoms with Gasteiger partial charge in [0.05, 0.1) is 27.5 Å². The van der Waals surface area contributed by atoms with E-state index in [0.29, 0.717) is 10.6 Å². The molecule has 6 nitrogen and oxygen atoms in total. The molecule has 4 rings (SSSR count). The van der Waals surface area contributed by atoms with Gasteiger partial charge in [-0.2, -0.15) is 0 Å². The standard InChI is InChI=1S/C26H23ClFN3O3/c27-19-9-4-8-17(15-6-2-1-3-7-15)22(19)25(32)31-21-10-5-13-30-24(21)23(29)18-12-11-16(26(33)34)14-20(18)28/h4-5,8-15,29H,1-3,6-7H2,(H,31,32)(H,33,34). The molecule has 0 bridgehead atoms. The molecule has 1 heterocycles. The minimum Gasteiger partial charge on any atom is -0.478 e. The van der Waals surface area contributed by atoms with Crippen molar-refractivity contribution < 1.29 is 19.1 Å². The molecule has 0 atom stereocenters. The Morgan fingerprint density at radius 1 is 1.09 bits per heavy atom. The molecule has 0 aliphatic heterocycles. The molecule has 0 saturated heterocycles. The summed E-state index contributed by atoms with van der Waals surface area (Å²) in [5.74, 6) is -2.30. The molecule has 0 spiro atoms. The fraction of sp³-hybridized carbons (Fsp3) is 0.231. The van der Waals surface area contributed by atoms with E-state index in [1.807, 2.05) is 12.1 Å². The third-order valence-corrected chi connectivity index (χ3v) is 6.41. The number of rotatable bonds is 6. The van der Waals surface area contributed by atoms with Gasteiger partial charge in [0.1, 0.15) is 11.5 Å². The topological polar surface area (TPSA) is 103 Å². The second-order valence-electron chi connectivity index (χ2n) is 8.27. The van der Waals surface area contributed by atoms with Crippen LogP contribution in [0.25, 0.3) is 0 Å². The van der Waals surface area contributed by atoms with Gasteiger partial charge in [-0.3, -0.25) is 15.2 Å². The predicted octanol–water partition coefficient (Wildman–Crippen LogP) is 6.29. The molecule has 3 aromatic rings. The van der Waals surface area contributed by atoms with Crippen LogP contribution in [0.2, 0.25) is 5.02 Å². The van der Waals surface area contributed by atoms with Crippen LogP contribution in [0.4, 0.5) is 10.1 Å². The lowest BCUT2D eigenvalue weighted by molar-refractivity contribution is 0.0696. The van der Waals surface area contributed by atoms with Crippen LogP contribution >= 0.6 is 11.6 Å². The Kier molecular flexibility index (Phi) is 7.03. The highest BCUT2D eigenvalue weighted by molar-refractivity contribution is 6.34. The number of anilines is 1. The van der Waals surface area contributed by atoms with Crippen molar-refractivity contribution in [2.45, 2.75) is 38.0 Å². The van der Waals surface area contributed by atoms with E-state index in [2.05, 4.69) is 10.3 Å². The minimum atomic E-state index is -1.27. The summed E-state index contributed by atoms with van der Waals surface area (Å²) in [5.41, 5.74) is 0.960. The van der Waals surface area contributed by atoms with E-state index in [-0.39, 0.29) is 34.1 Å². The Hall–Kier alpha value is -3.58. The predicted molar refractivity (Wildman–Crippen MR) is 129 cm³/mol. The lowest BCUT2D eigenvalue weighted by atomic mass is 9.82. The summed E-state index contributed by atoms with van der Waals surface area (Å²) in [5, 5.41) is 20.7. The number of hydrogen-bond donors (Lipinski definition) is 3. The first-order chi connectivity index (χ1) is 16.4. The average molecular weight is 480 g/mol. The van der Waals surface area contributed by atoms with Crippen LogP contribution in [0.3, 0.4) is 0 Å². The van der Waals surface area contributed by atoms with Gasteiger partial charge >= 0.3 is 5.97 Å². The zero-order valence-corrected chi connectivity index (χ0v) is 19.0. The maximum absolute atomic E-state index is 14.6. The highest BCUT2D eigenvalue weighted by atomic mass is 35.5. The summed E-state index contributed by atoms with van der Waals surface area (Å²) in [6.45, 7) is 0. The highest BCUT2D eigenvalue weighted by Crippen LogP contribution is 2.37. The summed E-state index contributed by atoms with van der Waals surface area (Å²) in [7, 11) is 0.